The molecule has 0 spiro atoms. The Morgan fingerprint density at radius 1 is 1.12 bits per heavy atom. The van der Waals surface area contributed by atoms with E-state index in [1.807, 2.05) is 26.0 Å². The second-order valence-electron chi connectivity index (χ2n) is 6.42. The first-order valence-electron chi connectivity index (χ1n) is 8.19. The van der Waals surface area contributed by atoms with Gasteiger partial charge in [0.1, 0.15) is 0 Å². The molecule has 4 N–H and O–H groups in total. The van der Waals surface area contributed by atoms with Gasteiger partial charge in [0.05, 0.1) is 36.4 Å². The molecule has 0 radical (unpaired) electrons. The van der Waals surface area contributed by atoms with Gasteiger partial charge in [0.25, 0.3) is 5.56 Å². The van der Waals surface area contributed by atoms with Crippen molar-refractivity contribution in [2.75, 3.05) is 6.61 Å². The van der Waals surface area contributed by atoms with Crippen molar-refractivity contribution in [3.63, 3.8) is 0 Å². The molecule has 0 saturated carbocycles. The van der Waals surface area contributed by atoms with Gasteiger partial charge in [-0.3, -0.25) is 9.78 Å². The topological polar surface area (TPSA) is 141 Å². The first kappa shape index (κ1) is 18.2. The molecule has 0 aromatic heterocycles. The van der Waals surface area contributed by atoms with Crippen molar-refractivity contribution in [2.45, 2.75) is 39.0 Å². The summed E-state index contributed by atoms with van der Waals surface area (Å²) >= 11 is 0. The molecule has 9 heteroatoms. The van der Waals surface area contributed by atoms with Gasteiger partial charge in [-0.15, -0.1) is 0 Å². The average Bonchev–Trinajstić information content (AvgIpc) is 2.57. The number of rotatable bonds is 5. The Balaban J connectivity index is 2.26. The van der Waals surface area contributed by atoms with Crippen molar-refractivity contribution in [1.29, 1.82) is 0 Å². The smallest absolute Gasteiger partial charge is 0.349 e. The molecule has 138 valence electrons. The molecule has 26 heavy (non-hydrogen) atoms. The second kappa shape index (κ2) is 6.94. The standard InChI is InChI=1S/C17H20N4O5/c1-8-3-12-13(4-9(8)2)21(6-10(23)5-11(24)7-22)15-14(18-12)16(25)20-17(26)19-15/h3-4,10-11,22-24H,5-7H2,1-2H3,(H,20,25,26). The van der Waals surface area contributed by atoms with Crippen LogP contribution in [0.2, 0.25) is 0 Å². The first-order chi connectivity index (χ1) is 12.3. The van der Waals surface area contributed by atoms with Gasteiger partial charge in [0.2, 0.25) is 0 Å². The van der Waals surface area contributed by atoms with Gasteiger partial charge < -0.3 is 19.9 Å². The van der Waals surface area contributed by atoms with E-state index in [1.54, 1.807) is 4.57 Å². The molecule has 2 atom stereocenters. The van der Waals surface area contributed by atoms with Crippen LogP contribution in [0.1, 0.15) is 17.5 Å². The van der Waals surface area contributed by atoms with E-state index in [4.69, 9.17) is 5.11 Å². The summed E-state index contributed by atoms with van der Waals surface area (Å²) in [5.74, 6) is 0.0621. The number of aromatic nitrogens is 4. The van der Waals surface area contributed by atoms with Crippen molar-refractivity contribution >= 4 is 11.0 Å². The van der Waals surface area contributed by atoms with Crippen LogP contribution in [-0.2, 0) is 6.54 Å². The van der Waals surface area contributed by atoms with Gasteiger partial charge in [0.15, 0.2) is 11.5 Å². The minimum Gasteiger partial charge on any atom is -0.394 e. The molecule has 2 aliphatic rings. The highest BCUT2D eigenvalue weighted by Gasteiger charge is 2.21. The van der Waals surface area contributed by atoms with Crippen molar-refractivity contribution < 1.29 is 15.3 Å². The van der Waals surface area contributed by atoms with Crippen LogP contribution in [0.25, 0.3) is 22.6 Å². The van der Waals surface area contributed by atoms with Crippen molar-refractivity contribution in [3.05, 3.63) is 44.1 Å². The maximum absolute atomic E-state index is 12.2. The summed E-state index contributed by atoms with van der Waals surface area (Å²) in [5.41, 5.74) is 1.64. The highest BCUT2D eigenvalue weighted by Crippen LogP contribution is 2.24. The molecule has 0 aliphatic carbocycles. The fourth-order valence-electron chi connectivity index (χ4n) is 2.91. The van der Waals surface area contributed by atoms with Crippen LogP contribution in [0.4, 0.5) is 0 Å². The highest BCUT2D eigenvalue weighted by atomic mass is 16.3. The van der Waals surface area contributed by atoms with Crippen LogP contribution in [-0.4, -0.2) is 53.7 Å². The molecule has 3 rings (SSSR count). The summed E-state index contributed by atoms with van der Waals surface area (Å²) in [7, 11) is 0. The normalized spacial score (nSPS) is 14.0. The Bertz CT molecular complexity index is 1040. The molecule has 0 amide bonds. The van der Waals surface area contributed by atoms with E-state index in [1.165, 1.54) is 0 Å². The summed E-state index contributed by atoms with van der Waals surface area (Å²) < 4.78 is 1.55. The molecule has 9 nitrogen and oxygen atoms in total. The predicted octanol–water partition coefficient (Wildman–Crippen LogP) is -0.694. The minimum absolute atomic E-state index is 0.00439. The largest absolute Gasteiger partial charge is 0.394 e. The number of benzene rings is 1. The molecule has 1 aromatic carbocycles. The van der Waals surface area contributed by atoms with Crippen molar-refractivity contribution in [1.82, 2.24) is 19.5 Å². The number of nitrogens with one attached hydrogen (secondary N) is 1. The third-order valence-electron chi connectivity index (χ3n) is 4.37. The van der Waals surface area contributed by atoms with Gasteiger partial charge in [-0.1, -0.05) is 0 Å². The Morgan fingerprint density at radius 3 is 2.50 bits per heavy atom. The number of aliphatic hydroxyl groups is 3. The molecule has 0 fully saturated rings. The van der Waals surface area contributed by atoms with Crippen LogP contribution in [0.3, 0.4) is 0 Å². The lowest BCUT2D eigenvalue weighted by atomic mass is 10.1. The van der Waals surface area contributed by atoms with Crippen LogP contribution < -0.4 is 11.2 Å². The molecule has 2 heterocycles. The average molecular weight is 360 g/mol. The molecule has 0 bridgehead atoms. The van der Waals surface area contributed by atoms with E-state index in [-0.39, 0.29) is 24.5 Å². The summed E-state index contributed by atoms with van der Waals surface area (Å²) in [4.78, 5) is 34.1. The summed E-state index contributed by atoms with van der Waals surface area (Å²) in [6, 6.07) is 3.67. The highest BCUT2D eigenvalue weighted by molar-refractivity contribution is 5.81. The lowest BCUT2D eigenvalue weighted by Gasteiger charge is -2.21. The number of fused-ring (bicyclic) bond motifs is 2. The fraction of sp³-hybridized carbons (Fsp3) is 0.412. The maximum Gasteiger partial charge on any atom is 0.349 e. The maximum atomic E-state index is 12.2. The summed E-state index contributed by atoms with van der Waals surface area (Å²) in [6.07, 6.45) is -2.15. The van der Waals surface area contributed by atoms with Gasteiger partial charge in [0, 0.05) is 6.42 Å². The lowest BCUT2D eigenvalue weighted by Crippen LogP contribution is -2.31. The second-order valence-corrected chi connectivity index (χ2v) is 6.42. The minimum atomic E-state index is -1.07. The Kier molecular flexibility index (Phi) is 4.86. The number of hydrogen-bond donors (Lipinski definition) is 4. The van der Waals surface area contributed by atoms with E-state index >= 15 is 0 Å². The molecular formula is C17H20N4O5. The zero-order valence-corrected chi connectivity index (χ0v) is 14.4. The molecular weight excluding hydrogens is 340 g/mol. The lowest BCUT2D eigenvalue weighted by molar-refractivity contribution is 0.0362. The summed E-state index contributed by atoms with van der Waals surface area (Å²) in [5, 5.41) is 28.8. The van der Waals surface area contributed by atoms with E-state index in [0.717, 1.165) is 11.1 Å². The molecule has 0 saturated heterocycles. The Hall–Kier alpha value is -2.62. The van der Waals surface area contributed by atoms with Crippen LogP contribution >= 0.6 is 0 Å². The van der Waals surface area contributed by atoms with Gasteiger partial charge in [-0.25, -0.2) is 9.78 Å². The molecule has 1 aromatic rings. The quantitative estimate of drug-likeness (QED) is 0.441. The van der Waals surface area contributed by atoms with Gasteiger partial charge >= 0.3 is 5.69 Å². The number of aryl methyl sites for hydroxylation is 2. The number of hydrogen-bond acceptors (Lipinski definition) is 7. The number of nitrogens with zero attached hydrogens (tertiary/aromatic N) is 3. The SMILES string of the molecule is Cc1cc2nc3c(=O)[nH]c(=O)nc-3n(CC(O)CC(O)CO)c2cc1C. The van der Waals surface area contributed by atoms with E-state index in [9.17, 15) is 19.8 Å². The fourth-order valence-corrected chi connectivity index (χ4v) is 2.91. The zero-order valence-electron chi connectivity index (χ0n) is 14.4. The van der Waals surface area contributed by atoms with E-state index < -0.39 is 30.1 Å². The first-order valence-corrected chi connectivity index (χ1v) is 8.19. The van der Waals surface area contributed by atoms with E-state index in [2.05, 4.69) is 15.0 Å². The number of H-pyrrole nitrogens is 1. The third kappa shape index (κ3) is 3.36. The van der Waals surface area contributed by atoms with Gasteiger partial charge in [-0.2, -0.15) is 4.98 Å². The molecule has 2 unspecified atom stereocenters. The van der Waals surface area contributed by atoms with Crippen molar-refractivity contribution in [3.8, 4) is 11.5 Å². The van der Waals surface area contributed by atoms with E-state index in [0.29, 0.717) is 11.0 Å². The monoisotopic (exact) mass is 360 g/mol. The zero-order chi connectivity index (χ0) is 19.0. The van der Waals surface area contributed by atoms with Crippen LogP contribution in [0, 0.1) is 13.8 Å². The van der Waals surface area contributed by atoms with Crippen LogP contribution in [0.15, 0.2) is 21.7 Å². The summed E-state index contributed by atoms with van der Waals surface area (Å²) in [6.45, 7) is 3.34. The Labute approximate surface area is 147 Å². The number of aliphatic hydroxyl groups excluding tert-OH is 3. The van der Waals surface area contributed by atoms with Crippen LogP contribution in [0.5, 0.6) is 0 Å². The Morgan fingerprint density at radius 2 is 1.81 bits per heavy atom. The molecule has 2 aliphatic heterocycles. The number of aromatic amines is 1. The van der Waals surface area contributed by atoms with Crippen molar-refractivity contribution in [2.24, 2.45) is 0 Å². The third-order valence-corrected chi connectivity index (χ3v) is 4.37. The predicted molar refractivity (Wildman–Crippen MR) is 94.2 cm³/mol. The van der Waals surface area contributed by atoms with Gasteiger partial charge in [-0.05, 0) is 37.1 Å².